The fraction of sp³-hybridized carbons (Fsp3) is 0.321. The van der Waals surface area contributed by atoms with Crippen LogP contribution in [-0.4, -0.2) is 60.2 Å². The Morgan fingerprint density at radius 1 is 1.20 bits per heavy atom. The lowest BCUT2D eigenvalue weighted by atomic mass is 9.96. The van der Waals surface area contributed by atoms with Crippen molar-refractivity contribution < 1.29 is 14.5 Å². The molecule has 3 heterocycles. The van der Waals surface area contributed by atoms with Crippen LogP contribution in [0.15, 0.2) is 63.5 Å². The fourth-order valence-corrected chi connectivity index (χ4v) is 6.16. The van der Waals surface area contributed by atoms with Gasteiger partial charge in [-0.1, -0.05) is 35.1 Å². The van der Waals surface area contributed by atoms with Gasteiger partial charge in [-0.3, -0.25) is 19.5 Å². The zero-order chi connectivity index (χ0) is 28.6. The smallest absolute Gasteiger partial charge is 0.338 e. The van der Waals surface area contributed by atoms with Crippen molar-refractivity contribution in [2.45, 2.75) is 19.9 Å². The molecule has 1 fully saturated rings. The third-order valence-electron chi connectivity index (χ3n) is 7.06. The molecular weight excluding hydrogens is 554 g/mol. The molecule has 0 aliphatic carbocycles. The maximum absolute atomic E-state index is 14.0. The Hall–Kier alpha value is -3.80. The molecule has 0 saturated carbocycles. The molecule has 2 aliphatic heterocycles. The number of non-ortho nitro benzene ring substituents is 1. The second-order valence-corrected chi connectivity index (χ2v) is 11.1. The van der Waals surface area contributed by atoms with Crippen molar-refractivity contribution in [2.24, 2.45) is 4.99 Å². The van der Waals surface area contributed by atoms with E-state index >= 15 is 0 Å². The number of carbonyl (C=O) groups excluding carboxylic acids is 1. The van der Waals surface area contributed by atoms with E-state index in [1.54, 1.807) is 50.3 Å². The highest BCUT2D eigenvalue weighted by Gasteiger charge is 2.33. The zero-order valence-electron chi connectivity index (χ0n) is 22.3. The number of thiazole rings is 1. The van der Waals surface area contributed by atoms with Crippen molar-refractivity contribution in [2.75, 3.05) is 44.7 Å². The molecule has 40 heavy (non-hydrogen) atoms. The Labute approximate surface area is 239 Å². The molecule has 0 spiro atoms. The van der Waals surface area contributed by atoms with Crippen LogP contribution in [0.25, 0.3) is 6.08 Å². The van der Waals surface area contributed by atoms with Gasteiger partial charge in [0.15, 0.2) is 4.80 Å². The van der Waals surface area contributed by atoms with E-state index in [9.17, 15) is 19.7 Å². The molecule has 0 amide bonds. The van der Waals surface area contributed by atoms with Crippen LogP contribution in [0.2, 0.25) is 5.02 Å². The number of rotatable bonds is 6. The molecule has 5 rings (SSSR count). The summed E-state index contributed by atoms with van der Waals surface area (Å²) in [5, 5.41) is 12.1. The van der Waals surface area contributed by atoms with Gasteiger partial charge in [0.2, 0.25) is 0 Å². The van der Waals surface area contributed by atoms with Crippen LogP contribution in [0, 0.1) is 10.1 Å². The van der Waals surface area contributed by atoms with E-state index in [1.165, 1.54) is 28.0 Å². The summed E-state index contributed by atoms with van der Waals surface area (Å²) in [4.78, 5) is 47.6. The van der Waals surface area contributed by atoms with Crippen molar-refractivity contribution in [1.29, 1.82) is 0 Å². The third-order valence-corrected chi connectivity index (χ3v) is 8.29. The number of anilines is 1. The number of halogens is 1. The van der Waals surface area contributed by atoms with Gasteiger partial charge in [-0.25, -0.2) is 9.79 Å². The average molecular weight is 582 g/mol. The number of hydrogen-bond donors (Lipinski definition) is 0. The lowest BCUT2D eigenvalue weighted by molar-refractivity contribution is -0.384. The van der Waals surface area contributed by atoms with Crippen LogP contribution in [0.4, 0.5) is 11.4 Å². The second kappa shape index (κ2) is 11.4. The molecule has 208 valence electrons. The first-order chi connectivity index (χ1) is 19.2. The van der Waals surface area contributed by atoms with Crippen molar-refractivity contribution in [3.05, 3.63) is 99.7 Å². The van der Waals surface area contributed by atoms with Crippen molar-refractivity contribution in [1.82, 2.24) is 9.47 Å². The van der Waals surface area contributed by atoms with Crippen molar-refractivity contribution in [3.63, 3.8) is 0 Å². The standard InChI is InChI=1S/C28H28ClN5O5S/c1-4-39-27(36)24-17(2)30-28-33(25(24)18-5-7-20(29)8-6-18)26(35)23(40-28)16-19-15-21(34(37)38)9-10-22(19)32-13-11-31(3)12-14-32/h5-10,15-16,25H,4,11-14H2,1-3H3/b23-16+/t25-/m1/s1. The Morgan fingerprint density at radius 3 is 2.55 bits per heavy atom. The summed E-state index contributed by atoms with van der Waals surface area (Å²) in [6.45, 7) is 6.85. The Balaban J connectivity index is 1.70. The van der Waals surface area contributed by atoms with Gasteiger partial charge in [0.05, 0.1) is 33.4 Å². The molecule has 1 saturated heterocycles. The maximum atomic E-state index is 14.0. The number of allylic oxidation sites excluding steroid dienone is 1. The van der Waals surface area contributed by atoms with Gasteiger partial charge in [0.25, 0.3) is 11.2 Å². The lowest BCUT2D eigenvalue weighted by Crippen LogP contribution is -2.44. The molecule has 0 radical (unpaired) electrons. The van der Waals surface area contributed by atoms with E-state index < -0.39 is 16.9 Å². The van der Waals surface area contributed by atoms with E-state index in [0.29, 0.717) is 31.2 Å². The monoisotopic (exact) mass is 581 g/mol. The lowest BCUT2D eigenvalue weighted by Gasteiger charge is -2.34. The van der Waals surface area contributed by atoms with Gasteiger partial charge < -0.3 is 14.5 Å². The summed E-state index contributed by atoms with van der Waals surface area (Å²) >= 11 is 7.31. The number of nitrogens with zero attached hydrogens (tertiary/aromatic N) is 5. The van der Waals surface area contributed by atoms with Gasteiger partial charge in [-0.05, 0) is 50.7 Å². The minimum atomic E-state index is -0.767. The number of hydrogen-bond acceptors (Lipinski definition) is 9. The molecule has 1 atom stereocenters. The number of nitro groups is 1. The van der Waals surface area contributed by atoms with Crippen molar-refractivity contribution in [3.8, 4) is 0 Å². The van der Waals surface area contributed by atoms with E-state index in [0.717, 1.165) is 31.9 Å². The van der Waals surface area contributed by atoms with E-state index in [-0.39, 0.29) is 23.4 Å². The number of ether oxygens (including phenoxy) is 1. The largest absolute Gasteiger partial charge is 0.463 e. The number of aromatic nitrogens is 1. The van der Waals surface area contributed by atoms with Gasteiger partial charge in [0, 0.05) is 54.6 Å². The molecule has 3 aromatic rings. The zero-order valence-corrected chi connectivity index (χ0v) is 23.9. The number of fused-ring (bicyclic) bond motifs is 1. The number of piperazine rings is 1. The van der Waals surface area contributed by atoms with Gasteiger partial charge in [-0.15, -0.1) is 0 Å². The third kappa shape index (κ3) is 5.32. The first kappa shape index (κ1) is 27.8. The molecule has 12 heteroatoms. The Bertz CT molecular complexity index is 1690. The molecule has 2 aliphatic rings. The molecule has 0 unspecified atom stereocenters. The summed E-state index contributed by atoms with van der Waals surface area (Å²) in [7, 11) is 2.05. The van der Waals surface area contributed by atoms with Crippen LogP contribution in [-0.2, 0) is 9.53 Å². The van der Waals surface area contributed by atoms with Gasteiger partial charge >= 0.3 is 5.97 Å². The van der Waals surface area contributed by atoms with Crippen LogP contribution in [0.1, 0.15) is 31.0 Å². The molecule has 2 aromatic carbocycles. The number of likely N-dealkylation sites (N-methyl/N-ethyl adjacent to an activating group) is 1. The topological polar surface area (TPSA) is 110 Å². The number of carbonyl (C=O) groups is 1. The summed E-state index contributed by atoms with van der Waals surface area (Å²) in [5.41, 5.74) is 2.40. The molecule has 0 bridgehead atoms. The molecule has 1 aromatic heterocycles. The summed E-state index contributed by atoms with van der Waals surface area (Å²) < 4.78 is 7.18. The van der Waals surface area contributed by atoms with Gasteiger partial charge in [-0.2, -0.15) is 0 Å². The summed E-state index contributed by atoms with van der Waals surface area (Å²) in [5.74, 6) is -0.547. The highest BCUT2D eigenvalue weighted by atomic mass is 35.5. The normalized spacial score (nSPS) is 17.9. The van der Waals surface area contributed by atoms with E-state index in [2.05, 4.69) is 21.8 Å². The molecule has 0 N–H and O–H groups in total. The SMILES string of the molecule is CCOC(=O)C1=C(C)N=c2s/c(=C/c3cc([N+](=O)[O-])ccc3N3CCN(C)CC3)c(=O)n2[C@@H]1c1ccc(Cl)cc1. The number of benzene rings is 2. The van der Waals surface area contributed by atoms with E-state index in [4.69, 9.17) is 16.3 Å². The molecular formula is C28H28ClN5O5S. The van der Waals surface area contributed by atoms with Crippen molar-refractivity contribution >= 4 is 46.4 Å². The van der Waals surface area contributed by atoms with Crippen LogP contribution in [0.5, 0.6) is 0 Å². The average Bonchev–Trinajstić information content (AvgIpc) is 3.23. The molecule has 10 nitrogen and oxygen atoms in total. The fourth-order valence-electron chi connectivity index (χ4n) is 5.00. The van der Waals surface area contributed by atoms with E-state index in [1.807, 2.05) is 0 Å². The predicted octanol–water partition coefficient (Wildman–Crippen LogP) is 3.11. The number of esters is 1. The first-order valence-corrected chi connectivity index (χ1v) is 14.0. The maximum Gasteiger partial charge on any atom is 0.338 e. The summed E-state index contributed by atoms with van der Waals surface area (Å²) in [6.07, 6.45) is 1.69. The Kier molecular flexibility index (Phi) is 7.88. The predicted molar refractivity (Wildman–Crippen MR) is 155 cm³/mol. The minimum absolute atomic E-state index is 0.0589. The van der Waals surface area contributed by atoms with Crippen LogP contribution in [0.3, 0.4) is 0 Å². The first-order valence-electron chi connectivity index (χ1n) is 12.8. The Morgan fingerprint density at radius 2 is 1.90 bits per heavy atom. The highest BCUT2D eigenvalue weighted by Crippen LogP contribution is 2.32. The number of nitro benzene ring substituents is 1. The highest BCUT2D eigenvalue weighted by molar-refractivity contribution is 7.07. The van der Waals surface area contributed by atoms with Crippen LogP contribution >= 0.6 is 22.9 Å². The second-order valence-electron chi connectivity index (χ2n) is 9.64. The van der Waals surface area contributed by atoms with Gasteiger partial charge in [0.1, 0.15) is 0 Å². The summed E-state index contributed by atoms with van der Waals surface area (Å²) in [6, 6.07) is 10.9. The minimum Gasteiger partial charge on any atom is -0.463 e. The van der Waals surface area contributed by atoms with Crippen LogP contribution < -0.4 is 19.8 Å². The quantitative estimate of drug-likeness (QED) is 0.250.